The van der Waals surface area contributed by atoms with Crippen molar-refractivity contribution in [1.29, 1.82) is 5.26 Å². The van der Waals surface area contributed by atoms with Crippen LogP contribution in [0.1, 0.15) is 24.8 Å². The summed E-state index contributed by atoms with van der Waals surface area (Å²) >= 11 is 0. The number of hydrogen-bond acceptors (Lipinski definition) is 8. The molecule has 0 radical (unpaired) electrons. The van der Waals surface area contributed by atoms with Crippen LogP contribution < -0.4 is 5.73 Å². The number of aliphatic carboxylic acids is 1. The minimum Gasteiger partial charge on any atom is -0.481 e. The molecule has 0 aliphatic heterocycles. The predicted octanol–water partition coefficient (Wildman–Crippen LogP) is 2.20. The Hall–Kier alpha value is -3.57. The SMILES string of the molecule is CO[C@@H]1C[C@H](S(=O)(=O)c2ccc(-c3cnccn3)cc2C(F)(F)F)C[C@@]1(C(=O)O)C1CC1(C#N)C(N)=O. The van der Waals surface area contributed by atoms with Crippen LogP contribution in [0.5, 0.6) is 0 Å². The molecule has 1 heterocycles. The molecule has 1 aromatic carbocycles. The van der Waals surface area contributed by atoms with Crippen molar-refractivity contribution in [3.63, 3.8) is 0 Å². The standard InChI is InChI=1S/C23H21F3N4O6S/c1-36-18-7-13(8-22(18,20(32)33)17-9-21(17,11-27)19(28)31)37(34,35)16-3-2-12(6-14(16)23(24,25)26)15-10-29-4-5-30-15/h2-6,10,13,17-18H,7-9H2,1H3,(H2,28,31)(H,32,33)/t13-,17?,18+,21?,22+/m0/s1. The number of aromatic nitrogens is 2. The van der Waals surface area contributed by atoms with Crippen molar-refractivity contribution in [2.24, 2.45) is 22.5 Å². The van der Waals surface area contributed by atoms with Crippen LogP contribution in [0, 0.1) is 28.1 Å². The van der Waals surface area contributed by atoms with Gasteiger partial charge >= 0.3 is 12.1 Å². The third kappa shape index (κ3) is 4.02. The third-order valence-electron chi connectivity index (χ3n) is 7.41. The lowest BCUT2D eigenvalue weighted by Gasteiger charge is -2.31. The second-order valence-electron chi connectivity index (χ2n) is 9.18. The fourth-order valence-electron chi connectivity index (χ4n) is 5.45. The second kappa shape index (κ2) is 8.77. The molecule has 1 aromatic heterocycles. The first-order chi connectivity index (χ1) is 17.3. The summed E-state index contributed by atoms with van der Waals surface area (Å²) in [5, 5.41) is 18.1. The molecule has 14 heteroatoms. The van der Waals surface area contributed by atoms with Crippen LogP contribution in [0.15, 0.2) is 41.7 Å². The summed E-state index contributed by atoms with van der Waals surface area (Å²) in [5.41, 5.74) is 0.132. The Morgan fingerprint density at radius 2 is 1.97 bits per heavy atom. The number of nitrogens with two attached hydrogens (primary N) is 1. The highest BCUT2D eigenvalue weighted by molar-refractivity contribution is 7.92. The number of hydrogen-bond donors (Lipinski definition) is 2. The van der Waals surface area contributed by atoms with E-state index in [0.717, 1.165) is 19.2 Å². The van der Waals surface area contributed by atoms with E-state index < -0.39 is 79.3 Å². The summed E-state index contributed by atoms with van der Waals surface area (Å²) in [6.45, 7) is 0. The normalized spacial score (nSPS) is 29.4. The summed E-state index contributed by atoms with van der Waals surface area (Å²) in [6, 6.07) is 4.36. The molecule has 0 spiro atoms. The smallest absolute Gasteiger partial charge is 0.417 e. The molecule has 3 N–H and O–H groups in total. The predicted molar refractivity (Wildman–Crippen MR) is 119 cm³/mol. The number of carbonyl (C=O) groups is 2. The molecule has 4 rings (SSSR count). The number of sulfone groups is 1. The number of carboxylic acid groups (broad SMARTS) is 1. The first-order valence-corrected chi connectivity index (χ1v) is 12.5. The van der Waals surface area contributed by atoms with Crippen LogP contribution in [0.25, 0.3) is 11.3 Å². The van der Waals surface area contributed by atoms with Gasteiger partial charge in [-0.05, 0) is 31.4 Å². The average molecular weight is 539 g/mol. The van der Waals surface area contributed by atoms with Gasteiger partial charge in [0.2, 0.25) is 5.91 Å². The van der Waals surface area contributed by atoms with Gasteiger partial charge in [-0.1, -0.05) is 6.07 Å². The van der Waals surface area contributed by atoms with Gasteiger partial charge in [-0.2, -0.15) is 18.4 Å². The van der Waals surface area contributed by atoms with Gasteiger partial charge in [0.05, 0.1) is 39.8 Å². The number of alkyl halides is 3. The lowest BCUT2D eigenvalue weighted by atomic mass is 9.75. The van der Waals surface area contributed by atoms with Gasteiger partial charge in [0, 0.05) is 31.0 Å². The van der Waals surface area contributed by atoms with Crippen molar-refractivity contribution in [2.75, 3.05) is 7.11 Å². The van der Waals surface area contributed by atoms with Gasteiger partial charge in [-0.25, -0.2) is 8.42 Å². The number of ether oxygens (including phenoxy) is 1. The molecule has 37 heavy (non-hydrogen) atoms. The molecule has 2 unspecified atom stereocenters. The maximum atomic E-state index is 14.1. The van der Waals surface area contributed by atoms with Gasteiger partial charge in [-0.3, -0.25) is 19.6 Å². The molecule has 2 aliphatic carbocycles. The topological polar surface area (TPSA) is 173 Å². The number of carboxylic acids is 1. The highest BCUT2D eigenvalue weighted by Gasteiger charge is 2.75. The molecule has 10 nitrogen and oxygen atoms in total. The van der Waals surface area contributed by atoms with Crippen molar-refractivity contribution in [1.82, 2.24) is 9.97 Å². The number of carbonyl (C=O) groups excluding carboxylic acids is 1. The molecule has 1 amide bonds. The lowest BCUT2D eigenvalue weighted by molar-refractivity contribution is -0.159. The van der Waals surface area contributed by atoms with E-state index in [4.69, 9.17) is 10.5 Å². The summed E-state index contributed by atoms with van der Waals surface area (Å²) in [6.07, 6.45) is -3.88. The minimum absolute atomic E-state index is 0.0151. The maximum Gasteiger partial charge on any atom is 0.417 e. The van der Waals surface area contributed by atoms with E-state index in [0.29, 0.717) is 6.07 Å². The van der Waals surface area contributed by atoms with Gasteiger partial charge in [0.15, 0.2) is 9.84 Å². The summed E-state index contributed by atoms with van der Waals surface area (Å²) in [5.74, 6) is -3.73. The van der Waals surface area contributed by atoms with Crippen LogP contribution in [0.2, 0.25) is 0 Å². The van der Waals surface area contributed by atoms with Crippen molar-refractivity contribution in [3.05, 3.63) is 42.4 Å². The van der Waals surface area contributed by atoms with Crippen LogP contribution in [0.3, 0.4) is 0 Å². The highest BCUT2D eigenvalue weighted by atomic mass is 32.2. The Labute approximate surface area is 209 Å². The molecular weight excluding hydrogens is 517 g/mol. The Balaban J connectivity index is 1.80. The van der Waals surface area contributed by atoms with Crippen molar-refractivity contribution < 1.29 is 41.0 Å². The number of halogens is 3. The molecule has 0 bridgehead atoms. The van der Waals surface area contributed by atoms with Crippen LogP contribution in [0.4, 0.5) is 13.2 Å². The zero-order valence-electron chi connectivity index (χ0n) is 19.3. The fraction of sp³-hybridized carbons (Fsp3) is 0.435. The first kappa shape index (κ1) is 26.5. The second-order valence-corrected chi connectivity index (χ2v) is 11.4. The van der Waals surface area contributed by atoms with Crippen LogP contribution in [-0.2, 0) is 30.3 Å². The number of nitrogens with zero attached hydrogens (tertiary/aromatic N) is 3. The Kier molecular flexibility index (Phi) is 6.28. The van der Waals surface area contributed by atoms with Gasteiger partial charge < -0.3 is 15.6 Å². The van der Waals surface area contributed by atoms with E-state index >= 15 is 0 Å². The highest BCUT2D eigenvalue weighted by Crippen LogP contribution is 2.66. The molecule has 2 fully saturated rings. The van der Waals surface area contributed by atoms with E-state index in [1.807, 2.05) is 0 Å². The third-order valence-corrected chi connectivity index (χ3v) is 9.62. The fourth-order valence-corrected chi connectivity index (χ4v) is 7.47. The zero-order chi connectivity index (χ0) is 27.4. The van der Waals surface area contributed by atoms with E-state index in [-0.39, 0.29) is 17.7 Å². The van der Waals surface area contributed by atoms with Crippen molar-refractivity contribution >= 4 is 21.7 Å². The molecule has 5 atom stereocenters. The summed E-state index contributed by atoms with van der Waals surface area (Å²) in [7, 11) is -3.63. The largest absolute Gasteiger partial charge is 0.481 e. The first-order valence-electron chi connectivity index (χ1n) is 10.9. The number of nitriles is 1. The number of rotatable bonds is 7. The monoisotopic (exact) mass is 538 g/mol. The molecule has 2 aliphatic rings. The number of amides is 1. The summed E-state index contributed by atoms with van der Waals surface area (Å²) in [4.78, 5) is 31.2. The lowest BCUT2D eigenvalue weighted by Crippen LogP contribution is -2.44. The van der Waals surface area contributed by atoms with Gasteiger partial charge in [0.25, 0.3) is 0 Å². The molecule has 2 aromatic rings. The molecular formula is C23H21F3N4O6S. The molecule has 196 valence electrons. The van der Waals surface area contributed by atoms with E-state index in [9.17, 15) is 41.5 Å². The van der Waals surface area contributed by atoms with Crippen molar-refractivity contribution in [3.8, 4) is 17.3 Å². The van der Waals surface area contributed by atoms with E-state index in [1.54, 1.807) is 6.07 Å². The van der Waals surface area contributed by atoms with E-state index in [2.05, 4.69) is 9.97 Å². The quantitative estimate of drug-likeness (QED) is 0.536. The molecule has 2 saturated carbocycles. The maximum absolute atomic E-state index is 14.1. The summed E-state index contributed by atoms with van der Waals surface area (Å²) < 4.78 is 74.6. The Morgan fingerprint density at radius 3 is 2.46 bits per heavy atom. The van der Waals surface area contributed by atoms with Crippen LogP contribution >= 0.6 is 0 Å². The van der Waals surface area contributed by atoms with Gasteiger partial charge in [-0.15, -0.1) is 0 Å². The number of benzene rings is 1. The van der Waals surface area contributed by atoms with E-state index in [1.165, 1.54) is 18.6 Å². The van der Waals surface area contributed by atoms with Gasteiger partial charge in [0.1, 0.15) is 10.8 Å². The van der Waals surface area contributed by atoms with Crippen LogP contribution in [-0.4, -0.2) is 53.8 Å². The Morgan fingerprint density at radius 1 is 1.27 bits per heavy atom. The minimum atomic E-state index is -5.07. The number of primary amides is 1. The molecule has 0 saturated heterocycles. The van der Waals surface area contributed by atoms with Crippen molar-refractivity contribution in [2.45, 2.75) is 41.7 Å². The zero-order valence-corrected chi connectivity index (χ0v) is 20.1. The average Bonchev–Trinajstić information content (AvgIpc) is 3.48. The Bertz CT molecular complexity index is 1410. The number of methoxy groups -OCH3 is 1.